The van der Waals surface area contributed by atoms with E-state index in [1.807, 2.05) is 24.3 Å². The quantitative estimate of drug-likeness (QED) is 0.820. The lowest BCUT2D eigenvalue weighted by Crippen LogP contribution is -2.50. The summed E-state index contributed by atoms with van der Waals surface area (Å²) in [4.78, 5) is 0.304. The highest BCUT2D eigenvalue weighted by Crippen LogP contribution is 2.35. The van der Waals surface area contributed by atoms with Gasteiger partial charge in [0.15, 0.2) is 6.29 Å². The second-order valence-electron chi connectivity index (χ2n) is 6.60. The highest BCUT2D eigenvalue weighted by atomic mass is 32.2. The number of fused-ring (bicyclic) bond motifs is 1. The van der Waals surface area contributed by atoms with Crippen molar-refractivity contribution in [2.24, 2.45) is 0 Å². The van der Waals surface area contributed by atoms with Crippen molar-refractivity contribution in [1.82, 2.24) is 4.31 Å². The Morgan fingerprint density at radius 3 is 2.50 bits per heavy atom. The molecule has 0 aromatic heterocycles. The van der Waals surface area contributed by atoms with Gasteiger partial charge in [0.25, 0.3) is 0 Å². The molecule has 140 valence electrons. The minimum Gasteiger partial charge on any atom is -0.496 e. The van der Waals surface area contributed by atoms with Gasteiger partial charge in [-0.05, 0) is 25.0 Å². The normalized spacial score (nSPS) is 22.7. The van der Waals surface area contributed by atoms with Crippen LogP contribution in [0.1, 0.15) is 19.3 Å². The van der Waals surface area contributed by atoms with Crippen LogP contribution < -0.4 is 4.74 Å². The maximum absolute atomic E-state index is 13.5. The van der Waals surface area contributed by atoms with Gasteiger partial charge in [0.2, 0.25) is 10.0 Å². The fourth-order valence-corrected chi connectivity index (χ4v) is 5.75. The highest BCUT2D eigenvalue weighted by Gasteiger charge is 2.41. The van der Waals surface area contributed by atoms with Crippen molar-refractivity contribution < 1.29 is 22.6 Å². The smallest absolute Gasteiger partial charge is 0.244 e. The first-order valence-corrected chi connectivity index (χ1v) is 10.4. The van der Waals surface area contributed by atoms with Crippen molar-refractivity contribution >= 4 is 20.8 Å². The molecule has 1 unspecified atom stereocenters. The molecule has 6 nitrogen and oxygen atoms in total. The molecule has 4 rings (SSSR count). The van der Waals surface area contributed by atoms with Crippen LogP contribution in [0.3, 0.4) is 0 Å². The van der Waals surface area contributed by atoms with Crippen LogP contribution in [0, 0.1) is 0 Å². The van der Waals surface area contributed by atoms with E-state index in [4.69, 9.17) is 14.2 Å². The first-order chi connectivity index (χ1) is 12.6. The summed E-state index contributed by atoms with van der Waals surface area (Å²) in [7, 11) is -2.09. The molecular formula is C19H23NO5S. The lowest BCUT2D eigenvalue weighted by molar-refractivity contribution is -0.0913. The van der Waals surface area contributed by atoms with Crippen molar-refractivity contribution in [3.05, 3.63) is 36.4 Å². The number of nitrogens with zero attached hydrogens (tertiary/aromatic N) is 1. The van der Waals surface area contributed by atoms with E-state index < -0.39 is 16.3 Å². The number of piperidine rings is 1. The Balaban J connectivity index is 1.79. The monoisotopic (exact) mass is 377 g/mol. The third-order valence-corrected chi connectivity index (χ3v) is 7.09. The Morgan fingerprint density at radius 1 is 1.04 bits per heavy atom. The zero-order valence-corrected chi connectivity index (χ0v) is 15.6. The maximum Gasteiger partial charge on any atom is 0.244 e. The molecule has 0 amide bonds. The SMILES string of the molecule is COc1ccc(S(=O)(=O)N2CCCCC2C2OCCO2)c2ccccc12. The van der Waals surface area contributed by atoms with Gasteiger partial charge in [-0.25, -0.2) is 8.42 Å². The first kappa shape index (κ1) is 17.7. The van der Waals surface area contributed by atoms with Gasteiger partial charge in [0.05, 0.1) is 31.3 Å². The van der Waals surface area contributed by atoms with Gasteiger partial charge in [-0.15, -0.1) is 0 Å². The molecule has 2 saturated heterocycles. The van der Waals surface area contributed by atoms with Crippen molar-refractivity contribution in [2.75, 3.05) is 26.9 Å². The average Bonchev–Trinajstić information content (AvgIpc) is 3.21. The Morgan fingerprint density at radius 2 is 1.77 bits per heavy atom. The maximum atomic E-state index is 13.5. The molecule has 0 radical (unpaired) electrons. The van der Waals surface area contributed by atoms with E-state index in [1.54, 1.807) is 23.5 Å². The summed E-state index contributed by atoms with van der Waals surface area (Å²) in [5.74, 6) is 0.664. The van der Waals surface area contributed by atoms with Crippen LogP contribution in [0.15, 0.2) is 41.3 Å². The van der Waals surface area contributed by atoms with E-state index >= 15 is 0 Å². The predicted octanol–water partition coefficient (Wildman–Crippen LogP) is 2.76. The molecule has 2 heterocycles. The summed E-state index contributed by atoms with van der Waals surface area (Å²) in [6.45, 7) is 1.51. The molecule has 2 aliphatic rings. The Bertz CT molecular complexity index is 892. The summed E-state index contributed by atoms with van der Waals surface area (Å²) in [5.41, 5.74) is 0. The second kappa shape index (κ2) is 7.15. The largest absolute Gasteiger partial charge is 0.496 e. The zero-order chi connectivity index (χ0) is 18.1. The van der Waals surface area contributed by atoms with E-state index in [0.717, 1.165) is 24.6 Å². The molecule has 2 aromatic carbocycles. The number of hydrogen-bond donors (Lipinski definition) is 0. The molecule has 2 fully saturated rings. The fourth-order valence-electron chi connectivity index (χ4n) is 3.87. The minimum absolute atomic E-state index is 0.280. The van der Waals surface area contributed by atoms with Gasteiger partial charge in [0, 0.05) is 17.3 Å². The first-order valence-electron chi connectivity index (χ1n) is 8.94. The molecule has 0 saturated carbocycles. The van der Waals surface area contributed by atoms with Crippen LogP contribution in [-0.2, 0) is 19.5 Å². The summed E-state index contributed by atoms with van der Waals surface area (Å²) < 4.78 is 45.3. The molecule has 0 bridgehead atoms. The van der Waals surface area contributed by atoms with Crippen LogP contribution in [-0.4, -0.2) is 51.9 Å². The van der Waals surface area contributed by atoms with E-state index in [2.05, 4.69) is 0 Å². The van der Waals surface area contributed by atoms with Gasteiger partial charge < -0.3 is 14.2 Å². The topological polar surface area (TPSA) is 65.1 Å². The molecular weight excluding hydrogens is 354 g/mol. The van der Waals surface area contributed by atoms with Gasteiger partial charge in [-0.1, -0.05) is 30.7 Å². The van der Waals surface area contributed by atoms with Gasteiger partial charge in [-0.3, -0.25) is 0 Å². The summed E-state index contributed by atoms with van der Waals surface area (Å²) in [6.07, 6.45) is 2.09. The lowest BCUT2D eigenvalue weighted by Gasteiger charge is -2.37. The molecule has 26 heavy (non-hydrogen) atoms. The molecule has 0 spiro atoms. The number of methoxy groups -OCH3 is 1. The Labute approximate surface area is 153 Å². The van der Waals surface area contributed by atoms with Crippen LogP contribution in [0.25, 0.3) is 10.8 Å². The van der Waals surface area contributed by atoms with Crippen LogP contribution in [0.2, 0.25) is 0 Å². The molecule has 2 aromatic rings. The third-order valence-electron chi connectivity index (χ3n) is 5.11. The van der Waals surface area contributed by atoms with Crippen LogP contribution in [0.5, 0.6) is 5.75 Å². The van der Waals surface area contributed by atoms with Crippen molar-refractivity contribution in [2.45, 2.75) is 36.5 Å². The molecule has 0 N–H and O–H groups in total. The van der Waals surface area contributed by atoms with E-state index in [9.17, 15) is 8.42 Å². The average molecular weight is 377 g/mol. The Hall–Kier alpha value is -1.67. The van der Waals surface area contributed by atoms with Gasteiger partial charge in [0.1, 0.15) is 5.75 Å². The summed E-state index contributed by atoms with van der Waals surface area (Å²) in [5, 5.41) is 1.46. The number of ether oxygens (including phenoxy) is 3. The minimum atomic E-state index is -3.68. The third kappa shape index (κ3) is 2.99. The fraction of sp³-hybridized carbons (Fsp3) is 0.474. The van der Waals surface area contributed by atoms with E-state index in [0.29, 0.717) is 35.8 Å². The zero-order valence-electron chi connectivity index (χ0n) is 14.8. The van der Waals surface area contributed by atoms with E-state index in [-0.39, 0.29) is 6.04 Å². The lowest BCUT2D eigenvalue weighted by atomic mass is 10.0. The van der Waals surface area contributed by atoms with Crippen molar-refractivity contribution in [1.29, 1.82) is 0 Å². The predicted molar refractivity (Wildman–Crippen MR) is 97.7 cm³/mol. The molecule has 0 aliphatic carbocycles. The highest BCUT2D eigenvalue weighted by molar-refractivity contribution is 7.89. The molecule has 2 aliphatic heterocycles. The molecule has 1 atom stereocenters. The van der Waals surface area contributed by atoms with Crippen molar-refractivity contribution in [3.63, 3.8) is 0 Å². The van der Waals surface area contributed by atoms with Crippen molar-refractivity contribution in [3.8, 4) is 5.75 Å². The summed E-state index contributed by atoms with van der Waals surface area (Å²) in [6, 6.07) is 10.5. The second-order valence-corrected chi connectivity index (χ2v) is 8.46. The number of benzene rings is 2. The Kier molecular flexibility index (Phi) is 4.88. The van der Waals surface area contributed by atoms with Crippen LogP contribution in [0.4, 0.5) is 0 Å². The van der Waals surface area contributed by atoms with Gasteiger partial charge in [-0.2, -0.15) is 4.31 Å². The standard InChI is InChI=1S/C19H23NO5S/c1-23-17-9-10-18(15-7-3-2-6-14(15)17)26(21,22)20-11-5-4-8-16(20)19-24-12-13-25-19/h2-3,6-7,9-10,16,19H,4-5,8,11-13H2,1H3. The van der Waals surface area contributed by atoms with E-state index in [1.165, 1.54) is 0 Å². The molecule has 7 heteroatoms. The number of sulfonamides is 1. The van der Waals surface area contributed by atoms with Gasteiger partial charge >= 0.3 is 0 Å². The van der Waals surface area contributed by atoms with Crippen LogP contribution >= 0.6 is 0 Å². The summed E-state index contributed by atoms with van der Waals surface area (Å²) >= 11 is 0. The number of rotatable bonds is 4. The number of hydrogen-bond acceptors (Lipinski definition) is 5.